The number of hydrogen-bond acceptors (Lipinski definition) is 2. The Bertz CT molecular complexity index is 160. The zero-order valence-electron chi connectivity index (χ0n) is 9.31. The summed E-state index contributed by atoms with van der Waals surface area (Å²) in [5, 5.41) is 2.25. The van der Waals surface area contributed by atoms with E-state index in [0.29, 0.717) is 12.8 Å². The summed E-state index contributed by atoms with van der Waals surface area (Å²) >= 11 is 0. The third kappa shape index (κ3) is 6.31. The minimum atomic E-state index is -0.141. The molecule has 1 unspecified atom stereocenters. The van der Waals surface area contributed by atoms with E-state index in [4.69, 9.17) is 0 Å². The van der Waals surface area contributed by atoms with Crippen LogP contribution in [-0.2, 0) is 9.59 Å². The van der Waals surface area contributed by atoms with Crippen LogP contribution in [0.25, 0.3) is 0 Å². The van der Waals surface area contributed by atoms with Gasteiger partial charge in [0, 0.05) is 13.8 Å². The summed E-state index contributed by atoms with van der Waals surface area (Å²) in [5.74, 6) is -0.257. The van der Waals surface area contributed by atoms with Crippen LogP contribution in [0.4, 0.5) is 0 Å². The van der Waals surface area contributed by atoms with Gasteiger partial charge >= 0.3 is 0 Å². The first kappa shape index (κ1) is 14.7. The maximum atomic E-state index is 10.7. The molecule has 1 saturated heterocycles. The Morgan fingerprint density at radius 1 is 1.23 bits per heavy atom. The average molecular weight is 189 g/mol. The van der Waals surface area contributed by atoms with Crippen molar-refractivity contribution >= 4 is 11.8 Å². The lowest BCUT2D eigenvalue weighted by molar-refractivity contribution is -0.135. The topological polar surface area (TPSA) is 46.2 Å². The summed E-state index contributed by atoms with van der Waals surface area (Å²) in [4.78, 5) is 21.2. The Kier molecular flexibility index (Phi) is 10.4. The molecule has 0 radical (unpaired) electrons. The first-order chi connectivity index (χ1) is 6.20. The monoisotopic (exact) mass is 189 g/mol. The number of imide groups is 1. The molecule has 0 aromatic rings. The molecule has 1 rings (SSSR count). The number of hydrogen-bond donors (Lipinski definition) is 1. The lowest BCUT2D eigenvalue weighted by atomic mass is 10.0. The number of amides is 2. The first-order valence-electron chi connectivity index (χ1n) is 5.04. The zero-order valence-corrected chi connectivity index (χ0v) is 9.31. The number of carbonyl (C=O) groups excluding carboxylic acids is 2. The number of rotatable bonds is 0. The van der Waals surface area contributed by atoms with E-state index in [9.17, 15) is 9.59 Å². The molecule has 1 N–H and O–H groups in total. The van der Waals surface area contributed by atoms with Gasteiger partial charge in [0.2, 0.25) is 11.8 Å². The summed E-state index contributed by atoms with van der Waals surface area (Å²) in [7, 11) is 0. The lowest BCUT2D eigenvalue weighted by Crippen LogP contribution is -2.39. The van der Waals surface area contributed by atoms with Gasteiger partial charge in [-0.2, -0.15) is 0 Å². The van der Waals surface area contributed by atoms with Gasteiger partial charge in [-0.15, -0.1) is 0 Å². The van der Waals surface area contributed by atoms with Crippen molar-refractivity contribution in [2.45, 2.75) is 47.5 Å². The van der Waals surface area contributed by atoms with Gasteiger partial charge in [-0.1, -0.05) is 34.6 Å². The van der Waals surface area contributed by atoms with E-state index >= 15 is 0 Å². The molecule has 0 saturated carbocycles. The molecule has 3 nitrogen and oxygen atoms in total. The molecule has 0 aromatic heterocycles. The molecule has 0 aliphatic carbocycles. The zero-order chi connectivity index (χ0) is 10.9. The highest BCUT2D eigenvalue weighted by Gasteiger charge is 2.21. The van der Waals surface area contributed by atoms with Crippen LogP contribution in [0, 0.1) is 5.92 Å². The van der Waals surface area contributed by atoms with Gasteiger partial charge in [0.25, 0.3) is 0 Å². The fourth-order valence-electron chi connectivity index (χ4n) is 0.802. The minimum Gasteiger partial charge on any atom is -0.296 e. The normalized spacial score (nSPS) is 20.2. The molecule has 3 heteroatoms. The van der Waals surface area contributed by atoms with Gasteiger partial charge in [-0.3, -0.25) is 14.9 Å². The van der Waals surface area contributed by atoms with Crippen molar-refractivity contribution in [1.82, 2.24) is 5.32 Å². The van der Waals surface area contributed by atoms with Crippen LogP contribution in [0.1, 0.15) is 48.9 Å². The lowest BCUT2D eigenvalue weighted by Gasteiger charge is -2.15. The van der Waals surface area contributed by atoms with Crippen molar-refractivity contribution in [2.75, 3.05) is 0 Å². The third-order valence-electron chi connectivity index (χ3n) is 1.51. The quantitative estimate of drug-likeness (QED) is 0.595. The second-order valence-electron chi connectivity index (χ2n) is 2.35. The largest absolute Gasteiger partial charge is 0.296 e. The van der Waals surface area contributed by atoms with Crippen molar-refractivity contribution in [2.24, 2.45) is 5.92 Å². The molecule has 13 heavy (non-hydrogen) atoms. The maximum absolute atomic E-state index is 10.7. The smallest absolute Gasteiger partial charge is 0.229 e. The van der Waals surface area contributed by atoms with Gasteiger partial charge in [0.1, 0.15) is 0 Å². The van der Waals surface area contributed by atoms with E-state index in [2.05, 4.69) is 5.32 Å². The highest BCUT2D eigenvalue weighted by Crippen LogP contribution is 2.09. The van der Waals surface area contributed by atoms with Crippen LogP contribution in [0.2, 0.25) is 0 Å². The first-order valence-corrected chi connectivity index (χ1v) is 5.04. The Hall–Kier alpha value is -0.860. The summed E-state index contributed by atoms with van der Waals surface area (Å²) in [6, 6.07) is 0. The van der Waals surface area contributed by atoms with E-state index < -0.39 is 0 Å². The predicted octanol–water partition coefficient (Wildman–Crippen LogP) is 2.36. The standard InChI is InChI=1S/C6H9NO2.2C2H6.H2/c1-4-2-3-5(8)7-6(4)9;2*1-2;/h4H,2-3H2,1H3,(H,7,8,9);2*1-2H3;1H. The highest BCUT2D eigenvalue weighted by molar-refractivity contribution is 5.98. The third-order valence-corrected chi connectivity index (χ3v) is 1.51. The van der Waals surface area contributed by atoms with Crippen LogP contribution >= 0.6 is 0 Å². The van der Waals surface area contributed by atoms with Crippen LogP contribution < -0.4 is 5.32 Å². The molecule has 1 aliphatic heterocycles. The van der Waals surface area contributed by atoms with E-state index in [1.54, 1.807) is 0 Å². The summed E-state index contributed by atoms with van der Waals surface area (Å²) in [6.45, 7) is 9.82. The SMILES string of the molecule is CC.CC.CC1CCC(=O)NC1=O.[HH]. The summed E-state index contributed by atoms with van der Waals surface area (Å²) in [6.07, 6.45) is 1.19. The number of piperidine rings is 1. The average Bonchev–Trinajstić information content (AvgIpc) is 2.18. The van der Waals surface area contributed by atoms with Gasteiger partial charge in [-0.05, 0) is 6.42 Å². The molecule has 1 atom stereocenters. The van der Waals surface area contributed by atoms with Crippen molar-refractivity contribution in [3.8, 4) is 0 Å². The Labute approximate surface area is 82.4 Å². The molecule has 2 amide bonds. The molecular weight excluding hydrogens is 166 g/mol. The molecule has 0 bridgehead atoms. The van der Waals surface area contributed by atoms with Crippen molar-refractivity contribution in [3.63, 3.8) is 0 Å². The Morgan fingerprint density at radius 3 is 2.00 bits per heavy atom. The molecule has 0 aromatic carbocycles. The fraction of sp³-hybridized carbons (Fsp3) is 0.800. The second kappa shape index (κ2) is 9.23. The molecule has 0 spiro atoms. The van der Waals surface area contributed by atoms with Crippen molar-refractivity contribution in [3.05, 3.63) is 0 Å². The summed E-state index contributed by atoms with van der Waals surface area (Å²) in [5.41, 5.74) is 0. The number of carbonyl (C=O) groups is 2. The van der Waals surface area contributed by atoms with Gasteiger partial charge < -0.3 is 0 Å². The van der Waals surface area contributed by atoms with Gasteiger partial charge in [0.15, 0.2) is 0 Å². The minimum absolute atomic E-state index is 0. The van der Waals surface area contributed by atoms with Crippen molar-refractivity contribution in [1.29, 1.82) is 0 Å². The van der Waals surface area contributed by atoms with Crippen LogP contribution in [0.5, 0.6) is 0 Å². The Balaban J connectivity index is -0.000000216. The molecule has 80 valence electrons. The maximum Gasteiger partial charge on any atom is 0.229 e. The van der Waals surface area contributed by atoms with Crippen LogP contribution in [-0.4, -0.2) is 11.8 Å². The molecule has 1 fully saturated rings. The summed E-state index contributed by atoms with van der Waals surface area (Å²) < 4.78 is 0. The number of nitrogens with one attached hydrogen (secondary N) is 1. The molecule has 1 heterocycles. The van der Waals surface area contributed by atoms with Crippen LogP contribution in [0.3, 0.4) is 0 Å². The second-order valence-corrected chi connectivity index (χ2v) is 2.35. The van der Waals surface area contributed by atoms with E-state index in [1.165, 1.54) is 0 Å². The highest BCUT2D eigenvalue weighted by atomic mass is 16.2. The van der Waals surface area contributed by atoms with Crippen molar-refractivity contribution < 1.29 is 11.0 Å². The van der Waals surface area contributed by atoms with E-state index in [0.717, 1.165) is 0 Å². The predicted molar refractivity (Wildman–Crippen MR) is 56.4 cm³/mol. The molecule has 1 aliphatic rings. The fourth-order valence-corrected chi connectivity index (χ4v) is 0.802. The van der Waals surface area contributed by atoms with Crippen LogP contribution in [0.15, 0.2) is 0 Å². The molecular formula is C10H23NO2. The Morgan fingerprint density at radius 2 is 1.69 bits per heavy atom. The van der Waals surface area contributed by atoms with E-state index in [1.807, 2.05) is 34.6 Å². The van der Waals surface area contributed by atoms with Gasteiger partial charge in [-0.25, -0.2) is 0 Å². The van der Waals surface area contributed by atoms with Gasteiger partial charge in [0.05, 0.1) is 0 Å². The van der Waals surface area contributed by atoms with E-state index in [-0.39, 0.29) is 19.2 Å².